The van der Waals surface area contributed by atoms with Gasteiger partial charge in [0.15, 0.2) is 7.28 Å². The molecule has 0 fully saturated rings. The van der Waals surface area contributed by atoms with Gasteiger partial charge in [-0.1, -0.05) is 117 Å². The number of nitrogens with zero attached hydrogens (tertiary/aromatic N) is 3. The molecule has 1 aliphatic heterocycles. The Morgan fingerprint density at radius 1 is 0.574 bits per heavy atom. The number of fused-ring (bicyclic) bond motifs is 12. The fourth-order valence-corrected chi connectivity index (χ4v) is 12.1. The summed E-state index contributed by atoms with van der Waals surface area (Å²) in [6.07, 6.45) is 0. The molecule has 289 valence electrons. The maximum atomic E-state index is 5.26. The second-order valence-electron chi connectivity index (χ2n) is 17.6. The Bertz CT molecular complexity index is 3800. The Morgan fingerprint density at radius 3 is 2.00 bits per heavy atom. The van der Waals surface area contributed by atoms with E-state index in [4.69, 9.17) is 4.98 Å². The number of thiophene rings is 2. The minimum atomic E-state index is 0.0779. The normalized spacial score (nSPS) is 12.7. The van der Waals surface area contributed by atoms with E-state index in [9.17, 15) is 0 Å². The highest BCUT2D eigenvalue weighted by molar-refractivity contribution is 7.26. The lowest BCUT2D eigenvalue weighted by Crippen LogP contribution is -2.37. The Morgan fingerprint density at radius 2 is 1.26 bits per heavy atom. The summed E-state index contributed by atoms with van der Waals surface area (Å²) in [7, 11) is 4.57. The van der Waals surface area contributed by atoms with E-state index in [2.05, 4.69) is 201 Å². The molecule has 61 heavy (non-hydrogen) atoms. The molecule has 4 aromatic heterocycles. The SMILES string of the molecule is Cn1c(-c2ccccc2)nc2cc3c(cc21)-n1c2cc4sc5ccccc5c4cc2c2ccc(-c4cc5c(cc4Nc4ccc(C(C)(C)C)cc4)sc4ccccc45)c(c21)[B]3. The first-order chi connectivity index (χ1) is 29.7. The molecule has 0 amide bonds. The Balaban J connectivity index is 1.10. The van der Waals surface area contributed by atoms with E-state index < -0.39 is 0 Å². The quantitative estimate of drug-likeness (QED) is 0.180. The summed E-state index contributed by atoms with van der Waals surface area (Å²) in [5, 5.41) is 11.7. The van der Waals surface area contributed by atoms with E-state index in [-0.39, 0.29) is 5.41 Å². The van der Waals surface area contributed by atoms with Gasteiger partial charge in [-0.05, 0) is 82.7 Å². The zero-order chi connectivity index (χ0) is 40.7. The molecule has 12 aromatic rings. The number of aromatic nitrogens is 3. The summed E-state index contributed by atoms with van der Waals surface area (Å²) in [5.41, 5.74) is 15.2. The first-order valence-electron chi connectivity index (χ1n) is 20.9. The first kappa shape index (κ1) is 35.1. The predicted octanol–water partition coefficient (Wildman–Crippen LogP) is 13.7. The minimum Gasteiger partial charge on any atom is -0.355 e. The van der Waals surface area contributed by atoms with Gasteiger partial charge in [-0.15, -0.1) is 22.7 Å². The molecule has 0 atom stereocenters. The number of aryl methyl sites for hydroxylation is 1. The summed E-state index contributed by atoms with van der Waals surface area (Å²) < 4.78 is 9.99. The standard InChI is InChI=1S/C54H38BN4S2/c1-54(2,3)31-18-20-32(21-19-31)56-42-27-49-39(33-14-8-10-16-47(33)60-49)24-37(42)35-22-23-36-38-25-40-34-15-9-11-17-48(34)61-50(40)29-44(38)59-45-28-46-43(26-41(45)55-51(35)52(36)59)57-53(58(46)4)30-12-6-5-7-13-30/h5-29,56H,1-4H3. The molecule has 1 aliphatic rings. The van der Waals surface area contributed by atoms with E-state index >= 15 is 0 Å². The van der Waals surface area contributed by atoms with Crippen LogP contribution < -0.4 is 16.2 Å². The van der Waals surface area contributed by atoms with E-state index in [0.717, 1.165) is 39.3 Å². The lowest BCUT2D eigenvalue weighted by atomic mass is 9.59. The average Bonchev–Trinajstić information content (AvgIpc) is 4.01. The molecule has 0 unspecified atom stereocenters. The summed E-state index contributed by atoms with van der Waals surface area (Å²) in [6.45, 7) is 6.81. The van der Waals surface area contributed by atoms with Crippen molar-refractivity contribution in [2.45, 2.75) is 26.2 Å². The van der Waals surface area contributed by atoms with Crippen molar-refractivity contribution in [1.82, 2.24) is 14.1 Å². The molecule has 0 bridgehead atoms. The Kier molecular flexibility index (Phi) is 7.30. The molecule has 1 N–H and O–H groups in total. The number of rotatable bonds is 4. The van der Waals surface area contributed by atoms with Gasteiger partial charge < -0.3 is 14.5 Å². The third-order valence-electron chi connectivity index (χ3n) is 12.9. The van der Waals surface area contributed by atoms with Crippen LogP contribution in [0.3, 0.4) is 0 Å². The van der Waals surface area contributed by atoms with Crippen LogP contribution in [0.1, 0.15) is 26.3 Å². The Labute approximate surface area is 361 Å². The number of anilines is 2. The van der Waals surface area contributed by atoms with Crippen molar-refractivity contribution in [1.29, 1.82) is 0 Å². The van der Waals surface area contributed by atoms with Crippen LogP contribution in [0.2, 0.25) is 0 Å². The highest BCUT2D eigenvalue weighted by atomic mass is 32.1. The van der Waals surface area contributed by atoms with Crippen LogP contribution in [0.4, 0.5) is 11.4 Å². The molecule has 13 rings (SSSR count). The van der Waals surface area contributed by atoms with Crippen molar-refractivity contribution in [2.24, 2.45) is 7.05 Å². The third kappa shape index (κ3) is 5.20. The number of hydrogen-bond donors (Lipinski definition) is 1. The fourth-order valence-electron chi connectivity index (χ4n) is 9.84. The second kappa shape index (κ2) is 12.7. The van der Waals surface area contributed by atoms with E-state index in [0.29, 0.717) is 0 Å². The molecule has 0 aliphatic carbocycles. The van der Waals surface area contributed by atoms with Gasteiger partial charge in [-0.2, -0.15) is 0 Å². The summed E-state index contributed by atoms with van der Waals surface area (Å²) in [4.78, 5) is 5.26. The zero-order valence-electron chi connectivity index (χ0n) is 34.2. The van der Waals surface area contributed by atoms with Gasteiger partial charge in [0, 0.05) is 91.9 Å². The maximum Gasteiger partial charge on any atom is 0.198 e. The van der Waals surface area contributed by atoms with Crippen molar-refractivity contribution in [2.75, 3.05) is 5.32 Å². The summed E-state index contributed by atoms with van der Waals surface area (Å²) >= 11 is 3.74. The third-order valence-corrected chi connectivity index (χ3v) is 15.2. The molecule has 1 radical (unpaired) electrons. The van der Waals surface area contributed by atoms with E-state index in [1.165, 1.54) is 90.0 Å². The molecule has 0 spiro atoms. The predicted molar refractivity (Wildman–Crippen MR) is 265 cm³/mol. The largest absolute Gasteiger partial charge is 0.355 e. The van der Waals surface area contributed by atoms with Gasteiger partial charge in [0.25, 0.3) is 0 Å². The van der Waals surface area contributed by atoms with Gasteiger partial charge in [0.05, 0.1) is 16.6 Å². The topological polar surface area (TPSA) is 34.8 Å². The summed E-state index contributed by atoms with van der Waals surface area (Å²) in [6, 6.07) is 56.2. The van der Waals surface area contributed by atoms with Gasteiger partial charge in [-0.25, -0.2) is 4.98 Å². The van der Waals surface area contributed by atoms with Gasteiger partial charge >= 0.3 is 0 Å². The Hall–Kier alpha value is -6.67. The van der Waals surface area contributed by atoms with Crippen molar-refractivity contribution in [3.8, 4) is 28.2 Å². The maximum absolute atomic E-state index is 5.26. The average molecular weight is 818 g/mol. The monoisotopic (exact) mass is 817 g/mol. The molecule has 0 saturated heterocycles. The van der Waals surface area contributed by atoms with Crippen LogP contribution in [0, 0.1) is 0 Å². The molecule has 8 aromatic carbocycles. The highest BCUT2D eigenvalue weighted by Gasteiger charge is 2.29. The number of nitrogens with one attached hydrogen (secondary N) is 1. The van der Waals surface area contributed by atoms with Crippen molar-refractivity contribution in [3.63, 3.8) is 0 Å². The molecular formula is C54H38BN4S2. The van der Waals surface area contributed by atoms with Gasteiger partial charge in [-0.3, -0.25) is 0 Å². The van der Waals surface area contributed by atoms with Crippen LogP contribution in [0.15, 0.2) is 152 Å². The molecule has 4 nitrogen and oxygen atoms in total. The van der Waals surface area contributed by atoms with Crippen molar-refractivity contribution >= 4 is 125 Å². The molecular weight excluding hydrogens is 780 g/mol. The van der Waals surface area contributed by atoms with Crippen LogP contribution in [-0.2, 0) is 12.5 Å². The highest BCUT2D eigenvalue weighted by Crippen LogP contribution is 2.45. The zero-order valence-corrected chi connectivity index (χ0v) is 35.8. The molecule has 0 saturated carbocycles. The van der Waals surface area contributed by atoms with Crippen LogP contribution in [-0.4, -0.2) is 21.4 Å². The van der Waals surface area contributed by atoms with E-state index in [1.54, 1.807) is 0 Å². The molecule has 5 heterocycles. The van der Waals surface area contributed by atoms with Crippen LogP contribution in [0.25, 0.3) is 101 Å². The van der Waals surface area contributed by atoms with Crippen LogP contribution in [0.5, 0.6) is 0 Å². The summed E-state index contributed by atoms with van der Waals surface area (Å²) in [5.74, 6) is 0.966. The minimum absolute atomic E-state index is 0.0779. The van der Waals surface area contributed by atoms with Crippen LogP contribution >= 0.6 is 22.7 Å². The van der Waals surface area contributed by atoms with Gasteiger partial charge in [0.2, 0.25) is 0 Å². The first-order valence-corrected chi connectivity index (χ1v) is 22.6. The number of imidazole rings is 1. The van der Waals surface area contributed by atoms with Crippen molar-refractivity contribution in [3.05, 3.63) is 157 Å². The smallest absolute Gasteiger partial charge is 0.198 e. The fraction of sp³-hybridized carbons (Fsp3) is 0.0926. The second-order valence-corrected chi connectivity index (χ2v) is 19.7. The van der Waals surface area contributed by atoms with Crippen molar-refractivity contribution < 1.29 is 0 Å². The van der Waals surface area contributed by atoms with E-state index in [1.807, 2.05) is 22.7 Å². The lowest BCUT2D eigenvalue weighted by Gasteiger charge is -2.24. The molecule has 7 heteroatoms. The lowest BCUT2D eigenvalue weighted by molar-refractivity contribution is 0.590. The van der Waals surface area contributed by atoms with Gasteiger partial charge in [0.1, 0.15) is 5.82 Å². The number of benzene rings is 8. The number of hydrogen-bond acceptors (Lipinski definition) is 4.